The minimum atomic E-state index is -4.96. The van der Waals surface area contributed by atoms with Crippen molar-refractivity contribution in [3.63, 3.8) is 0 Å². The summed E-state index contributed by atoms with van der Waals surface area (Å²) in [5, 5.41) is 0.262. The molecule has 5 heterocycles. The molecule has 0 saturated heterocycles. The third kappa shape index (κ3) is 5.46. The molecule has 0 spiro atoms. The topological polar surface area (TPSA) is 275 Å². The molecule has 2 aliphatic rings. The molecule has 0 atom stereocenters. The monoisotopic (exact) mass is 861 g/mol. The fourth-order valence-electron chi connectivity index (χ4n) is 7.53. The SMILES string of the molecule is Cn1c2nc3[n+](C)c(nc4c5c(S(=O)(=O)O)cccc5c(nc5nc(nc1c1c([SH](=O)=O)cccc12)-c1cccc(S(=O)(=O)O)c1-5)n4C)-c1cccc(S(=O)(=O)O)c1-3. The van der Waals surface area contributed by atoms with Gasteiger partial charge in [0.25, 0.3) is 42.0 Å². The van der Waals surface area contributed by atoms with Crippen molar-refractivity contribution < 1.29 is 51.9 Å². The fourth-order valence-corrected chi connectivity index (χ4v) is 10.3. The van der Waals surface area contributed by atoms with Crippen LogP contribution in [0.15, 0.2) is 92.4 Å². The van der Waals surface area contributed by atoms with E-state index in [2.05, 4.69) is 4.98 Å². The van der Waals surface area contributed by atoms with Gasteiger partial charge in [0.15, 0.2) is 22.4 Å². The second-order valence-electron chi connectivity index (χ2n) is 13.2. The third-order valence-corrected chi connectivity index (χ3v) is 13.4. The van der Waals surface area contributed by atoms with Crippen molar-refractivity contribution in [3.05, 3.63) is 72.8 Å². The van der Waals surface area contributed by atoms with E-state index in [1.54, 1.807) is 6.07 Å². The van der Waals surface area contributed by atoms with Gasteiger partial charge in [-0.1, -0.05) is 46.4 Å². The van der Waals surface area contributed by atoms with E-state index >= 15 is 0 Å². The van der Waals surface area contributed by atoms with Crippen LogP contribution in [-0.2, 0) is 62.2 Å². The van der Waals surface area contributed by atoms with E-state index in [-0.39, 0.29) is 94.6 Å². The van der Waals surface area contributed by atoms with Gasteiger partial charge < -0.3 is 0 Å². The van der Waals surface area contributed by atoms with Crippen molar-refractivity contribution in [1.82, 2.24) is 34.1 Å². The van der Waals surface area contributed by atoms with E-state index in [1.807, 2.05) is 0 Å². The van der Waals surface area contributed by atoms with Crippen LogP contribution in [-0.4, -0.2) is 81.4 Å². The molecule has 58 heavy (non-hydrogen) atoms. The Hall–Kier alpha value is -6.08. The van der Waals surface area contributed by atoms with Gasteiger partial charge in [0.05, 0.1) is 34.0 Å². The Morgan fingerprint density at radius 2 is 1.02 bits per heavy atom. The Labute approximate surface area is 328 Å². The zero-order chi connectivity index (χ0) is 41.4. The number of aryl methyl sites for hydroxylation is 2. The first kappa shape index (κ1) is 37.5. The van der Waals surface area contributed by atoms with Gasteiger partial charge in [0, 0.05) is 35.8 Å². The summed E-state index contributed by atoms with van der Waals surface area (Å²) in [5.74, 6) is -0.567. The fraction of sp³-hybridized carbons (Fsp3) is 0.0857. The third-order valence-electron chi connectivity index (χ3n) is 9.97. The number of benzene rings is 4. The predicted molar refractivity (Wildman–Crippen MR) is 207 cm³/mol. The molecule has 3 aromatic heterocycles. The van der Waals surface area contributed by atoms with Crippen molar-refractivity contribution in [3.8, 4) is 45.6 Å². The Kier molecular flexibility index (Phi) is 8.05. The number of rotatable bonds is 4. The molecule has 3 N–H and O–H groups in total. The van der Waals surface area contributed by atoms with Crippen LogP contribution in [0.1, 0.15) is 0 Å². The zero-order valence-electron chi connectivity index (χ0n) is 29.8. The van der Waals surface area contributed by atoms with Crippen LogP contribution < -0.4 is 4.57 Å². The highest BCUT2D eigenvalue weighted by atomic mass is 32.2. The molecule has 0 amide bonds. The van der Waals surface area contributed by atoms with E-state index in [1.165, 1.54) is 83.4 Å². The second kappa shape index (κ2) is 12.5. The Morgan fingerprint density at radius 3 is 1.64 bits per heavy atom. The normalized spacial score (nSPS) is 13.0. The first-order chi connectivity index (χ1) is 27.3. The van der Waals surface area contributed by atoms with Crippen molar-refractivity contribution in [2.45, 2.75) is 19.6 Å². The predicted octanol–water partition coefficient (Wildman–Crippen LogP) is 3.03. The Balaban J connectivity index is 1.64. The lowest BCUT2D eigenvalue weighted by Gasteiger charge is -2.05. The van der Waals surface area contributed by atoms with Gasteiger partial charge in [0.2, 0.25) is 11.3 Å². The smallest absolute Gasteiger partial charge is 0.295 e. The summed E-state index contributed by atoms with van der Waals surface area (Å²) in [6.07, 6.45) is 0. The van der Waals surface area contributed by atoms with Gasteiger partial charge in [0.1, 0.15) is 26.0 Å². The highest BCUT2D eigenvalue weighted by molar-refractivity contribution is 7.86. The summed E-state index contributed by atoms with van der Waals surface area (Å²) >= 11 is 0. The molecule has 0 radical (unpaired) electrons. The van der Waals surface area contributed by atoms with Crippen LogP contribution >= 0.6 is 0 Å². The van der Waals surface area contributed by atoms with E-state index in [4.69, 9.17) is 19.9 Å². The van der Waals surface area contributed by atoms with Gasteiger partial charge in [-0.25, -0.2) is 27.9 Å². The molecular formula is C35H25N8O11S4+. The van der Waals surface area contributed by atoms with E-state index in [0.29, 0.717) is 0 Å². The maximum atomic E-state index is 12.9. The molecule has 8 bridgehead atoms. The lowest BCUT2D eigenvalue weighted by atomic mass is 10.1. The first-order valence-electron chi connectivity index (χ1n) is 16.6. The molecular weight excluding hydrogens is 837 g/mol. The second-order valence-corrected chi connectivity index (χ2v) is 18.4. The standard InChI is InChI=1S/C35H24N8O11S4/c1-41-30-18-10-6-14-22(57(49,50)51)26(18)34(41)40-32-19-11-7-15-23(58(52,53)54)27(19)35(43(32)3)39-31-17-9-4-12-20(55(44)45)24(17)33(42(31)2)37-28-16-8-5-13-21(56(46,47)48)25(16)29(36-28)38-30/h4-15,55H,1-3H3,(H2-,46,47,48,49,50,51,52,53,54)/p+1. The van der Waals surface area contributed by atoms with E-state index < -0.39 is 55.7 Å². The van der Waals surface area contributed by atoms with Gasteiger partial charge >= 0.3 is 0 Å². The van der Waals surface area contributed by atoms with Gasteiger partial charge in [-0.05, 0) is 36.4 Å². The molecule has 4 aromatic carbocycles. The number of hydrogen-bond acceptors (Lipinski definition) is 13. The van der Waals surface area contributed by atoms with Crippen molar-refractivity contribution in [1.29, 1.82) is 0 Å². The molecule has 0 aliphatic carbocycles. The van der Waals surface area contributed by atoms with Crippen molar-refractivity contribution in [2.75, 3.05) is 0 Å². The Morgan fingerprint density at radius 1 is 0.534 bits per heavy atom. The van der Waals surface area contributed by atoms with Gasteiger partial charge in [-0.15, -0.1) is 0 Å². The number of hydrogen-bond donors (Lipinski definition) is 4. The highest BCUT2D eigenvalue weighted by Gasteiger charge is 2.36. The largest absolute Gasteiger partial charge is 0.299 e. The first-order valence-corrected chi connectivity index (χ1v) is 22.1. The molecule has 0 fully saturated rings. The quantitative estimate of drug-likeness (QED) is 0.112. The van der Waals surface area contributed by atoms with Crippen LogP contribution in [0.25, 0.3) is 89.7 Å². The summed E-state index contributed by atoms with van der Waals surface area (Å²) in [5.41, 5.74) is -0.254. The summed E-state index contributed by atoms with van der Waals surface area (Å²) in [4.78, 5) is 22.0. The minimum absolute atomic E-state index is 0.00915. The number of thiol groups is 1. The number of aromatic nitrogens is 8. The van der Waals surface area contributed by atoms with Gasteiger partial charge in [-0.2, -0.15) is 25.3 Å². The molecule has 23 heteroatoms. The average molecular weight is 862 g/mol. The van der Waals surface area contributed by atoms with Crippen LogP contribution in [0, 0.1) is 0 Å². The van der Waals surface area contributed by atoms with E-state index in [0.717, 1.165) is 18.2 Å². The molecule has 2 aliphatic heterocycles. The molecule has 19 nitrogen and oxygen atoms in total. The van der Waals surface area contributed by atoms with E-state index in [9.17, 15) is 47.3 Å². The highest BCUT2D eigenvalue weighted by Crippen LogP contribution is 2.42. The van der Waals surface area contributed by atoms with Crippen molar-refractivity contribution >= 4 is 85.2 Å². The summed E-state index contributed by atoms with van der Waals surface area (Å²) < 4.78 is 138. The van der Waals surface area contributed by atoms with Crippen LogP contribution in [0.3, 0.4) is 0 Å². The zero-order valence-corrected chi connectivity index (χ0v) is 33.1. The Bertz CT molecular complexity index is 3690. The maximum absolute atomic E-state index is 12.9. The summed E-state index contributed by atoms with van der Waals surface area (Å²) in [7, 11) is -13.6. The lowest BCUT2D eigenvalue weighted by Crippen LogP contribution is -2.31. The maximum Gasteiger partial charge on any atom is 0.295 e. The van der Waals surface area contributed by atoms with Gasteiger partial charge in [-0.3, -0.25) is 22.8 Å². The van der Waals surface area contributed by atoms with Crippen molar-refractivity contribution in [2.24, 2.45) is 21.1 Å². The van der Waals surface area contributed by atoms with Crippen LogP contribution in [0.4, 0.5) is 0 Å². The molecule has 294 valence electrons. The van der Waals surface area contributed by atoms with Crippen LogP contribution in [0.5, 0.6) is 0 Å². The number of nitrogens with zero attached hydrogens (tertiary/aromatic N) is 8. The average Bonchev–Trinajstić information content (AvgIpc) is 3.81. The molecule has 7 aromatic rings. The minimum Gasteiger partial charge on any atom is -0.299 e. The molecule has 0 saturated carbocycles. The molecule has 0 unspecified atom stereocenters. The number of fused-ring (bicyclic) bond motifs is 20. The lowest BCUT2D eigenvalue weighted by molar-refractivity contribution is -0.650. The van der Waals surface area contributed by atoms with Crippen LogP contribution in [0.2, 0.25) is 0 Å². The summed E-state index contributed by atoms with van der Waals surface area (Å²) in [6, 6.07) is 16.2. The summed E-state index contributed by atoms with van der Waals surface area (Å²) in [6.45, 7) is 0. The molecule has 9 rings (SSSR count).